The molecule has 0 bridgehead atoms. The number of hydrogen-bond acceptors (Lipinski definition) is 5. The lowest BCUT2D eigenvalue weighted by Crippen LogP contribution is -2.55. The van der Waals surface area contributed by atoms with Gasteiger partial charge < -0.3 is 14.7 Å². The zero-order chi connectivity index (χ0) is 25.4. The maximum absolute atomic E-state index is 13.5. The molecule has 0 saturated heterocycles. The van der Waals surface area contributed by atoms with E-state index >= 15 is 0 Å². The van der Waals surface area contributed by atoms with Gasteiger partial charge in [0.15, 0.2) is 0 Å². The highest BCUT2D eigenvalue weighted by Crippen LogP contribution is 2.26. The Morgan fingerprint density at radius 3 is 2.17 bits per heavy atom. The van der Waals surface area contributed by atoms with Gasteiger partial charge in [-0.25, -0.2) is 0 Å². The Labute approximate surface area is 207 Å². The molecule has 0 spiro atoms. The SMILES string of the molecule is CC(C)COC(=O)C(CCc1ccccc1)N[C@@H](C)C(=O)N(CC(=O)O)C1Cc2ccccc2C1. The van der Waals surface area contributed by atoms with Crippen molar-refractivity contribution in [1.29, 1.82) is 0 Å². The van der Waals surface area contributed by atoms with Gasteiger partial charge in [0, 0.05) is 6.04 Å². The number of aryl methyl sites for hydroxylation is 1. The van der Waals surface area contributed by atoms with Crippen LogP contribution in [0.2, 0.25) is 0 Å². The molecule has 0 fully saturated rings. The summed E-state index contributed by atoms with van der Waals surface area (Å²) in [6, 6.07) is 16.1. The molecule has 3 rings (SSSR count). The zero-order valence-electron chi connectivity index (χ0n) is 20.8. The van der Waals surface area contributed by atoms with Crippen LogP contribution in [-0.4, -0.2) is 59.1 Å². The number of benzene rings is 2. The van der Waals surface area contributed by atoms with Gasteiger partial charge in [0.1, 0.15) is 12.6 Å². The molecule has 7 heteroatoms. The fourth-order valence-electron chi connectivity index (χ4n) is 4.48. The first-order valence-corrected chi connectivity index (χ1v) is 12.3. The van der Waals surface area contributed by atoms with Crippen molar-refractivity contribution in [1.82, 2.24) is 10.2 Å². The van der Waals surface area contributed by atoms with E-state index in [-0.39, 0.29) is 24.4 Å². The van der Waals surface area contributed by atoms with Crippen LogP contribution in [0.5, 0.6) is 0 Å². The number of hydrogen-bond donors (Lipinski definition) is 2. The van der Waals surface area contributed by atoms with Crippen LogP contribution in [0, 0.1) is 5.92 Å². The number of esters is 1. The van der Waals surface area contributed by atoms with Gasteiger partial charge in [-0.05, 0) is 55.2 Å². The molecule has 0 aromatic heterocycles. The van der Waals surface area contributed by atoms with E-state index in [4.69, 9.17) is 4.74 Å². The average Bonchev–Trinajstić information content (AvgIpc) is 3.27. The van der Waals surface area contributed by atoms with E-state index < -0.39 is 24.0 Å². The average molecular weight is 481 g/mol. The lowest BCUT2D eigenvalue weighted by atomic mass is 10.0. The van der Waals surface area contributed by atoms with Crippen molar-refractivity contribution >= 4 is 17.8 Å². The summed E-state index contributed by atoms with van der Waals surface area (Å²) in [5.41, 5.74) is 3.37. The van der Waals surface area contributed by atoms with Crippen LogP contribution >= 0.6 is 0 Å². The molecule has 0 saturated carbocycles. The van der Waals surface area contributed by atoms with Gasteiger partial charge in [0.05, 0.1) is 12.6 Å². The largest absolute Gasteiger partial charge is 0.480 e. The van der Waals surface area contributed by atoms with Crippen LogP contribution in [0.4, 0.5) is 0 Å². The van der Waals surface area contributed by atoms with E-state index in [2.05, 4.69) is 5.32 Å². The molecule has 1 aliphatic carbocycles. The van der Waals surface area contributed by atoms with Gasteiger partial charge >= 0.3 is 11.9 Å². The Kier molecular flexibility index (Phi) is 9.43. The summed E-state index contributed by atoms with van der Waals surface area (Å²) in [6.45, 7) is 5.54. The van der Waals surface area contributed by atoms with Gasteiger partial charge in [-0.3, -0.25) is 19.7 Å². The smallest absolute Gasteiger partial charge is 0.323 e. The predicted molar refractivity (Wildman–Crippen MR) is 134 cm³/mol. The van der Waals surface area contributed by atoms with E-state index in [0.29, 0.717) is 32.3 Å². The third-order valence-corrected chi connectivity index (χ3v) is 6.29. The van der Waals surface area contributed by atoms with Crippen LogP contribution in [0.15, 0.2) is 54.6 Å². The molecule has 1 aliphatic rings. The van der Waals surface area contributed by atoms with Crippen LogP contribution < -0.4 is 5.32 Å². The zero-order valence-corrected chi connectivity index (χ0v) is 20.8. The number of aliphatic carboxylic acids is 1. The molecule has 0 heterocycles. The number of carboxylic acids is 1. The van der Waals surface area contributed by atoms with Crippen LogP contribution in [0.1, 0.15) is 43.9 Å². The van der Waals surface area contributed by atoms with Crippen molar-refractivity contribution < 1.29 is 24.2 Å². The molecule has 2 atom stereocenters. The lowest BCUT2D eigenvalue weighted by Gasteiger charge is -2.31. The Morgan fingerprint density at radius 1 is 1.00 bits per heavy atom. The number of fused-ring (bicyclic) bond motifs is 1. The number of nitrogens with one attached hydrogen (secondary N) is 1. The first-order chi connectivity index (χ1) is 16.7. The minimum atomic E-state index is -1.06. The molecule has 35 heavy (non-hydrogen) atoms. The standard InChI is InChI=1S/C28H36N2O5/c1-19(2)18-35-28(34)25(14-13-21-9-5-4-6-10-21)29-20(3)27(33)30(17-26(31)32)24-15-22-11-7-8-12-23(22)16-24/h4-12,19-20,24-25,29H,13-18H2,1-3H3,(H,31,32)/t20-,25?/m0/s1. The van der Waals surface area contributed by atoms with Gasteiger partial charge in [-0.15, -0.1) is 0 Å². The second kappa shape index (κ2) is 12.5. The minimum Gasteiger partial charge on any atom is -0.480 e. The molecular formula is C28H36N2O5. The quantitative estimate of drug-likeness (QED) is 0.453. The first kappa shape index (κ1) is 26.4. The fraction of sp³-hybridized carbons (Fsp3) is 0.464. The summed E-state index contributed by atoms with van der Waals surface area (Å²) >= 11 is 0. The Balaban J connectivity index is 1.71. The molecule has 1 unspecified atom stereocenters. The number of ether oxygens (including phenoxy) is 1. The van der Waals surface area contributed by atoms with Crippen molar-refractivity contribution in [2.24, 2.45) is 5.92 Å². The number of amides is 1. The lowest BCUT2D eigenvalue weighted by molar-refractivity contribution is -0.150. The summed E-state index contributed by atoms with van der Waals surface area (Å²) in [7, 11) is 0. The van der Waals surface area contributed by atoms with Crippen molar-refractivity contribution in [2.45, 2.75) is 64.6 Å². The first-order valence-electron chi connectivity index (χ1n) is 12.3. The molecule has 0 radical (unpaired) electrons. The second-order valence-electron chi connectivity index (χ2n) is 9.68. The van der Waals surface area contributed by atoms with Gasteiger partial charge in [0.2, 0.25) is 5.91 Å². The highest BCUT2D eigenvalue weighted by molar-refractivity contribution is 5.86. The maximum atomic E-state index is 13.5. The van der Waals surface area contributed by atoms with E-state index in [1.807, 2.05) is 68.4 Å². The van der Waals surface area contributed by atoms with E-state index in [1.54, 1.807) is 6.92 Å². The Hall–Kier alpha value is -3.19. The molecule has 0 aliphatic heterocycles. The highest BCUT2D eigenvalue weighted by Gasteiger charge is 2.34. The second-order valence-corrected chi connectivity index (χ2v) is 9.68. The van der Waals surface area contributed by atoms with E-state index in [0.717, 1.165) is 16.7 Å². The summed E-state index contributed by atoms with van der Waals surface area (Å²) in [4.78, 5) is 39.4. The number of nitrogens with zero attached hydrogens (tertiary/aromatic N) is 1. The highest BCUT2D eigenvalue weighted by atomic mass is 16.5. The van der Waals surface area contributed by atoms with Crippen LogP contribution in [0.25, 0.3) is 0 Å². The minimum absolute atomic E-state index is 0.197. The summed E-state index contributed by atoms with van der Waals surface area (Å²) in [5.74, 6) is -1.58. The van der Waals surface area contributed by atoms with Crippen molar-refractivity contribution in [3.05, 3.63) is 71.3 Å². The summed E-state index contributed by atoms with van der Waals surface area (Å²) in [6.07, 6.45) is 2.35. The van der Waals surface area contributed by atoms with E-state index in [1.165, 1.54) is 4.90 Å². The number of carboxylic acid groups (broad SMARTS) is 1. The Morgan fingerprint density at radius 2 is 1.60 bits per heavy atom. The Bertz CT molecular complexity index is 982. The molecule has 2 aromatic rings. The molecule has 2 aromatic carbocycles. The molecule has 188 valence electrons. The van der Waals surface area contributed by atoms with Crippen molar-refractivity contribution in [2.75, 3.05) is 13.2 Å². The van der Waals surface area contributed by atoms with Gasteiger partial charge in [-0.1, -0.05) is 68.4 Å². The predicted octanol–water partition coefficient (Wildman–Crippen LogP) is 3.25. The summed E-state index contributed by atoms with van der Waals surface area (Å²) < 4.78 is 5.48. The third kappa shape index (κ3) is 7.65. The fourth-order valence-corrected chi connectivity index (χ4v) is 4.48. The summed E-state index contributed by atoms with van der Waals surface area (Å²) in [5, 5.41) is 12.7. The molecule has 7 nitrogen and oxygen atoms in total. The molecule has 1 amide bonds. The molecular weight excluding hydrogens is 444 g/mol. The molecule has 2 N–H and O–H groups in total. The monoisotopic (exact) mass is 480 g/mol. The number of rotatable bonds is 12. The third-order valence-electron chi connectivity index (χ3n) is 6.29. The normalized spacial score (nSPS) is 14.9. The maximum Gasteiger partial charge on any atom is 0.323 e. The van der Waals surface area contributed by atoms with Gasteiger partial charge in [-0.2, -0.15) is 0 Å². The van der Waals surface area contributed by atoms with Crippen molar-refractivity contribution in [3.63, 3.8) is 0 Å². The van der Waals surface area contributed by atoms with E-state index in [9.17, 15) is 19.5 Å². The van der Waals surface area contributed by atoms with Crippen LogP contribution in [-0.2, 0) is 38.4 Å². The van der Waals surface area contributed by atoms with Crippen molar-refractivity contribution in [3.8, 4) is 0 Å². The number of carbonyl (C=O) groups is 3. The van der Waals surface area contributed by atoms with Crippen LogP contribution in [0.3, 0.4) is 0 Å². The van der Waals surface area contributed by atoms with Gasteiger partial charge in [0.25, 0.3) is 0 Å². The topological polar surface area (TPSA) is 95.9 Å². The number of carbonyl (C=O) groups excluding carboxylic acids is 2.